The van der Waals surface area contributed by atoms with Gasteiger partial charge < -0.3 is 15.4 Å². The number of nitrogens with one attached hydrogen (secondary N) is 2. The predicted molar refractivity (Wildman–Crippen MR) is 130 cm³/mol. The van der Waals surface area contributed by atoms with Crippen molar-refractivity contribution in [1.29, 1.82) is 0 Å². The molecule has 0 radical (unpaired) electrons. The highest BCUT2D eigenvalue weighted by Gasteiger charge is 2.50. The van der Waals surface area contributed by atoms with Crippen molar-refractivity contribution in [1.82, 2.24) is 0 Å². The van der Waals surface area contributed by atoms with Crippen molar-refractivity contribution < 1.29 is 19.1 Å². The Morgan fingerprint density at radius 2 is 1.39 bits per heavy atom. The molecule has 2 N–H and O–H groups in total. The van der Waals surface area contributed by atoms with Gasteiger partial charge in [-0.25, -0.2) is 0 Å². The zero-order chi connectivity index (χ0) is 24.4. The maximum atomic E-state index is 12.4. The maximum absolute atomic E-state index is 12.4. The van der Waals surface area contributed by atoms with Crippen molar-refractivity contribution in [3.63, 3.8) is 0 Å². The highest BCUT2D eigenvalue weighted by atomic mass is 16.5. The molecular weight excluding hydrogens is 416 g/mol. The van der Waals surface area contributed by atoms with Crippen molar-refractivity contribution >= 4 is 29.2 Å². The molecule has 2 aromatic carbocycles. The molecule has 0 spiro atoms. The average molecular weight is 451 g/mol. The zero-order valence-electron chi connectivity index (χ0n) is 20.3. The molecule has 1 fully saturated rings. The first-order valence-corrected chi connectivity index (χ1v) is 11.3. The van der Waals surface area contributed by atoms with Crippen LogP contribution in [0, 0.1) is 16.7 Å². The molecule has 2 amide bonds. The monoisotopic (exact) mass is 450 g/mol. The van der Waals surface area contributed by atoms with Gasteiger partial charge in [0.2, 0.25) is 11.8 Å². The normalized spacial score (nSPS) is 17.6. The van der Waals surface area contributed by atoms with Gasteiger partial charge in [0.1, 0.15) is 0 Å². The first kappa shape index (κ1) is 24.5. The summed E-state index contributed by atoms with van der Waals surface area (Å²) in [5.74, 6) is -0.350. The summed E-state index contributed by atoms with van der Waals surface area (Å²) in [6, 6.07) is 14.6. The Labute approximate surface area is 196 Å². The molecule has 2 atom stereocenters. The minimum atomic E-state index is -0.589. The van der Waals surface area contributed by atoms with Crippen LogP contribution >= 0.6 is 0 Å². The Hall–Kier alpha value is -3.15. The molecule has 2 aromatic rings. The van der Waals surface area contributed by atoms with Gasteiger partial charge >= 0.3 is 5.97 Å². The molecule has 1 aliphatic carbocycles. The van der Waals surface area contributed by atoms with Crippen LogP contribution in [0.2, 0.25) is 0 Å². The maximum Gasteiger partial charge on any atom is 0.303 e. The van der Waals surface area contributed by atoms with E-state index >= 15 is 0 Å². The van der Waals surface area contributed by atoms with Gasteiger partial charge in [-0.3, -0.25) is 14.4 Å². The summed E-state index contributed by atoms with van der Waals surface area (Å²) in [5.41, 5.74) is 2.96. The summed E-state index contributed by atoms with van der Waals surface area (Å²) in [5, 5.41) is 5.86. The van der Waals surface area contributed by atoms with Crippen LogP contribution in [0.15, 0.2) is 48.5 Å². The number of ether oxygens (including phenoxy) is 1. The number of rotatable bonds is 7. The van der Waals surface area contributed by atoms with Gasteiger partial charge in [0, 0.05) is 30.6 Å². The fourth-order valence-corrected chi connectivity index (χ4v) is 3.81. The van der Waals surface area contributed by atoms with Gasteiger partial charge in [0.05, 0.1) is 0 Å². The molecule has 2 unspecified atom stereocenters. The van der Waals surface area contributed by atoms with Gasteiger partial charge in [-0.2, -0.15) is 0 Å². The minimum Gasteiger partial charge on any atom is -0.453 e. The van der Waals surface area contributed by atoms with E-state index in [-0.39, 0.29) is 28.6 Å². The molecule has 176 valence electrons. The van der Waals surface area contributed by atoms with E-state index in [1.165, 1.54) is 6.92 Å². The van der Waals surface area contributed by atoms with Crippen LogP contribution in [0.1, 0.15) is 71.6 Å². The first-order valence-electron chi connectivity index (χ1n) is 11.3. The Bertz CT molecular complexity index is 1020. The largest absolute Gasteiger partial charge is 0.453 e. The van der Waals surface area contributed by atoms with Crippen molar-refractivity contribution in [2.75, 3.05) is 10.6 Å². The summed E-state index contributed by atoms with van der Waals surface area (Å²) in [7, 11) is 0. The lowest BCUT2D eigenvalue weighted by atomic mass is 9.92. The molecule has 0 aromatic heterocycles. The fraction of sp³-hybridized carbons (Fsp3) is 0.444. The summed E-state index contributed by atoms with van der Waals surface area (Å²) >= 11 is 0. The van der Waals surface area contributed by atoms with E-state index in [1.807, 2.05) is 57.2 Å². The van der Waals surface area contributed by atoms with Crippen molar-refractivity contribution in [3.05, 3.63) is 59.7 Å². The van der Waals surface area contributed by atoms with Gasteiger partial charge in [0.25, 0.3) is 0 Å². The second-order valence-corrected chi connectivity index (χ2v) is 10.8. The highest BCUT2D eigenvalue weighted by molar-refractivity contribution is 5.95. The molecule has 1 aliphatic rings. The topological polar surface area (TPSA) is 84.5 Å². The van der Waals surface area contributed by atoms with E-state index in [2.05, 4.69) is 24.5 Å². The third-order valence-electron chi connectivity index (χ3n) is 5.78. The Balaban J connectivity index is 1.71. The molecule has 1 saturated carbocycles. The number of amides is 2. The van der Waals surface area contributed by atoms with E-state index in [0.29, 0.717) is 17.8 Å². The molecule has 33 heavy (non-hydrogen) atoms. The quantitative estimate of drug-likeness (QED) is 0.530. The van der Waals surface area contributed by atoms with Gasteiger partial charge in [-0.1, -0.05) is 58.9 Å². The molecule has 0 saturated heterocycles. The Kier molecular flexibility index (Phi) is 6.96. The molecule has 0 bridgehead atoms. The van der Waals surface area contributed by atoms with Crippen LogP contribution in [-0.2, 0) is 19.1 Å². The van der Waals surface area contributed by atoms with Gasteiger partial charge in [-0.15, -0.1) is 0 Å². The summed E-state index contributed by atoms with van der Waals surface area (Å²) in [4.78, 5) is 36.3. The molecule has 3 rings (SSSR count). The van der Waals surface area contributed by atoms with Crippen LogP contribution in [-0.4, -0.2) is 17.8 Å². The summed E-state index contributed by atoms with van der Waals surface area (Å²) < 4.78 is 5.59. The lowest BCUT2D eigenvalue weighted by molar-refractivity contribution is -0.144. The lowest BCUT2D eigenvalue weighted by Gasteiger charge is -2.20. The van der Waals surface area contributed by atoms with Crippen molar-refractivity contribution in [3.8, 4) is 0 Å². The van der Waals surface area contributed by atoms with Gasteiger partial charge in [0.15, 0.2) is 6.10 Å². The number of anilines is 2. The Morgan fingerprint density at radius 3 is 1.79 bits per heavy atom. The molecular formula is C27H34N2O4. The van der Waals surface area contributed by atoms with Crippen LogP contribution in [0.5, 0.6) is 0 Å². The SMILES string of the molecule is CC(=O)OC(c1ccc(NC(=O)CC(C)(C)C)cc1)c1ccc(NC(=O)C2CC2(C)C)cc1. The van der Waals surface area contributed by atoms with E-state index in [0.717, 1.165) is 17.5 Å². The molecule has 0 heterocycles. The fourth-order valence-electron chi connectivity index (χ4n) is 3.81. The second kappa shape index (κ2) is 9.38. The van der Waals surface area contributed by atoms with Crippen LogP contribution in [0.25, 0.3) is 0 Å². The summed E-state index contributed by atoms with van der Waals surface area (Å²) in [6.45, 7) is 11.6. The van der Waals surface area contributed by atoms with Crippen molar-refractivity contribution in [2.24, 2.45) is 16.7 Å². The average Bonchev–Trinajstić information content (AvgIpc) is 3.34. The third kappa shape index (κ3) is 6.91. The smallest absolute Gasteiger partial charge is 0.303 e. The lowest BCUT2D eigenvalue weighted by Crippen LogP contribution is -2.19. The predicted octanol–water partition coefficient (Wildman–Crippen LogP) is 5.70. The highest BCUT2D eigenvalue weighted by Crippen LogP contribution is 2.52. The van der Waals surface area contributed by atoms with E-state index < -0.39 is 12.1 Å². The van der Waals surface area contributed by atoms with E-state index in [1.54, 1.807) is 12.1 Å². The number of hydrogen-bond donors (Lipinski definition) is 2. The van der Waals surface area contributed by atoms with E-state index in [4.69, 9.17) is 4.74 Å². The van der Waals surface area contributed by atoms with Crippen LogP contribution in [0.4, 0.5) is 11.4 Å². The van der Waals surface area contributed by atoms with Crippen molar-refractivity contribution in [2.45, 2.75) is 60.5 Å². The standard InChI is InChI=1S/C27H34N2O4/c1-17(30)33-24(18-7-11-20(12-8-18)28-23(31)16-26(2,3)4)19-9-13-21(14-10-19)29-25(32)22-15-27(22,5)6/h7-14,22,24H,15-16H2,1-6H3,(H,28,31)(H,29,32). The van der Waals surface area contributed by atoms with Gasteiger partial charge in [-0.05, 0) is 52.6 Å². The Morgan fingerprint density at radius 1 is 0.939 bits per heavy atom. The molecule has 6 heteroatoms. The van der Waals surface area contributed by atoms with E-state index in [9.17, 15) is 14.4 Å². The zero-order valence-corrected chi connectivity index (χ0v) is 20.3. The molecule has 6 nitrogen and oxygen atoms in total. The number of esters is 1. The van der Waals surface area contributed by atoms with Crippen LogP contribution < -0.4 is 10.6 Å². The third-order valence-corrected chi connectivity index (χ3v) is 5.78. The van der Waals surface area contributed by atoms with Crippen LogP contribution in [0.3, 0.4) is 0 Å². The first-order chi connectivity index (χ1) is 15.3. The summed E-state index contributed by atoms with van der Waals surface area (Å²) in [6.07, 6.45) is 0.735. The number of benzene rings is 2. The number of carbonyl (C=O) groups excluding carboxylic acids is 3. The number of hydrogen-bond acceptors (Lipinski definition) is 4. The second-order valence-electron chi connectivity index (χ2n) is 10.8. The number of carbonyl (C=O) groups is 3. The minimum absolute atomic E-state index is 0.0355. The molecule has 0 aliphatic heterocycles.